The Morgan fingerprint density at radius 1 is 1.24 bits per heavy atom. The average molecular weight is 352 g/mol. The zero-order chi connectivity index (χ0) is 15.4. The van der Waals surface area contributed by atoms with Gasteiger partial charge in [-0.15, -0.1) is 0 Å². The SMILES string of the molecule is CNC(Cc1cc(C)ccc1OC)c1ccc(F)cc1Br. The number of hydrogen-bond donors (Lipinski definition) is 1. The van der Waals surface area contributed by atoms with Gasteiger partial charge in [0.05, 0.1) is 7.11 Å². The van der Waals surface area contributed by atoms with Crippen LogP contribution < -0.4 is 10.1 Å². The Morgan fingerprint density at radius 2 is 2.00 bits per heavy atom. The summed E-state index contributed by atoms with van der Waals surface area (Å²) in [6, 6.07) is 11.0. The highest BCUT2D eigenvalue weighted by molar-refractivity contribution is 9.10. The van der Waals surface area contributed by atoms with Gasteiger partial charge in [0.25, 0.3) is 0 Å². The van der Waals surface area contributed by atoms with Crippen molar-refractivity contribution >= 4 is 15.9 Å². The summed E-state index contributed by atoms with van der Waals surface area (Å²) in [7, 11) is 3.58. The molecule has 0 fully saturated rings. The highest BCUT2D eigenvalue weighted by Crippen LogP contribution is 2.30. The second-order valence-electron chi connectivity index (χ2n) is 5.03. The number of aryl methyl sites for hydroxylation is 1. The van der Waals surface area contributed by atoms with Crippen LogP contribution in [0, 0.1) is 12.7 Å². The predicted octanol–water partition coefficient (Wildman–Crippen LogP) is 4.41. The van der Waals surface area contributed by atoms with Gasteiger partial charge >= 0.3 is 0 Å². The van der Waals surface area contributed by atoms with E-state index in [1.165, 1.54) is 17.7 Å². The molecule has 0 amide bonds. The summed E-state index contributed by atoms with van der Waals surface area (Å²) < 4.78 is 19.4. The molecule has 0 radical (unpaired) electrons. The zero-order valence-electron chi connectivity index (χ0n) is 12.4. The van der Waals surface area contributed by atoms with Gasteiger partial charge in [0, 0.05) is 10.5 Å². The van der Waals surface area contributed by atoms with Crippen molar-refractivity contribution in [1.29, 1.82) is 0 Å². The average Bonchev–Trinajstić information content (AvgIpc) is 2.45. The van der Waals surface area contributed by atoms with Gasteiger partial charge in [0.15, 0.2) is 0 Å². The zero-order valence-corrected chi connectivity index (χ0v) is 14.0. The van der Waals surface area contributed by atoms with Crippen LogP contribution in [0.2, 0.25) is 0 Å². The van der Waals surface area contributed by atoms with Crippen molar-refractivity contribution in [2.24, 2.45) is 0 Å². The van der Waals surface area contributed by atoms with Crippen molar-refractivity contribution in [2.75, 3.05) is 14.2 Å². The standard InChI is InChI=1S/C17H19BrFNO/c1-11-4-7-17(21-3)12(8-11)9-16(20-2)14-6-5-13(19)10-15(14)18/h4-8,10,16,20H,9H2,1-3H3. The molecule has 21 heavy (non-hydrogen) atoms. The second kappa shape index (κ2) is 7.05. The normalized spacial score (nSPS) is 12.2. The monoisotopic (exact) mass is 351 g/mol. The van der Waals surface area contributed by atoms with E-state index in [9.17, 15) is 4.39 Å². The molecule has 0 aliphatic carbocycles. The highest BCUT2D eigenvalue weighted by atomic mass is 79.9. The minimum atomic E-state index is -0.242. The van der Waals surface area contributed by atoms with Gasteiger partial charge in [0.2, 0.25) is 0 Å². The van der Waals surface area contributed by atoms with Gasteiger partial charge in [0.1, 0.15) is 11.6 Å². The van der Waals surface area contributed by atoms with Crippen LogP contribution in [0.25, 0.3) is 0 Å². The Labute approximate surface area is 133 Å². The third-order valence-corrected chi connectivity index (χ3v) is 4.23. The van der Waals surface area contributed by atoms with Crippen LogP contribution in [0.3, 0.4) is 0 Å². The third kappa shape index (κ3) is 3.83. The molecule has 0 spiro atoms. The number of methoxy groups -OCH3 is 1. The molecule has 0 saturated carbocycles. The number of nitrogens with one attached hydrogen (secondary N) is 1. The Kier molecular flexibility index (Phi) is 5.37. The first-order chi connectivity index (χ1) is 10.0. The van der Waals surface area contributed by atoms with E-state index in [2.05, 4.69) is 34.2 Å². The third-order valence-electron chi connectivity index (χ3n) is 3.55. The van der Waals surface area contributed by atoms with Gasteiger partial charge in [-0.1, -0.05) is 39.7 Å². The summed E-state index contributed by atoms with van der Waals surface area (Å²) >= 11 is 3.44. The molecule has 1 N–H and O–H groups in total. The fourth-order valence-corrected chi connectivity index (χ4v) is 3.07. The number of hydrogen-bond acceptors (Lipinski definition) is 2. The minimum Gasteiger partial charge on any atom is -0.496 e. The molecular formula is C17H19BrFNO. The molecule has 4 heteroatoms. The molecule has 0 aliphatic heterocycles. The van der Waals surface area contributed by atoms with Crippen molar-refractivity contribution in [1.82, 2.24) is 5.32 Å². The highest BCUT2D eigenvalue weighted by Gasteiger charge is 2.16. The summed E-state index contributed by atoms with van der Waals surface area (Å²) in [6.45, 7) is 2.06. The van der Waals surface area contributed by atoms with Crippen molar-refractivity contribution < 1.29 is 9.13 Å². The molecule has 2 nitrogen and oxygen atoms in total. The molecule has 2 aromatic carbocycles. The molecule has 1 atom stereocenters. The first kappa shape index (κ1) is 16.0. The van der Waals surface area contributed by atoms with Crippen LogP contribution in [0.15, 0.2) is 40.9 Å². The lowest BCUT2D eigenvalue weighted by atomic mass is 9.97. The van der Waals surface area contributed by atoms with Crippen molar-refractivity contribution in [3.8, 4) is 5.75 Å². The van der Waals surface area contributed by atoms with Gasteiger partial charge in [-0.25, -0.2) is 4.39 Å². The molecular weight excluding hydrogens is 333 g/mol. The van der Waals surface area contributed by atoms with Gasteiger partial charge in [-0.3, -0.25) is 0 Å². The fourth-order valence-electron chi connectivity index (χ4n) is 2.44. The Hall–Kier alpha value is -1.39. The molecule has 0 bridgehead atoms. The molecule has 0 saturated heterocycles. The smallest absolute Gasteiger partial charge is 0.124 e. The van der Waals surface area contributed by atoms with E-state index in [0.29, 0.717) is 0 Å². The van der Waals surface area contributed by atoms with Crippen LogP contribution >= 0.6 is 15.9 Å². The largest absolute Gasteiger partial charge is 0.496 e. The first-order valence-corrected chi connectivity index (χ1v) is 7.60. The van der Waals surface area contributed by atoms with Crippen LogP contribution in [0.4, 0.5) is 4.39 Å². The minimum absolute atomic E-state index is 0.0793. The van der Waals surface area contributed by atoms with Gasteiger partial charge in [-0.05, 0) is 49.7 Å². The maximum Gasteiger partial charge on any atom is 0.124 e. The molecule has 2 aromatic rings. The molecule has 2 rings (SSSR count). The number of halogens is 2. The Bertz CT molecular complexity index is 630. The molecule has 1 unspecified atom stereocenters. The number of likely N-dealkylation sites (N-methyl/N-ethyl adjacent to an activating group) is 1. The van der Waals surface area contributed by atoms with E-state index in [1.54, 1.807) is 7.11 Å². The summed E-state index contributed by atoms with van der Waals surface area (Å²) in [5.74, 6) is 0.632. The molecule has 0 heterocycles. The number of rotatable bonds is 5. The number of ether oxygens (including phenoxy) is 1. The maximum absolute atomic E-state index is 13.2. The van der Waals surface area contributed by atoms with Crippen LogP contribution in [0.5, 0.6) is 5.75 Å². The van der Waals surface area contributed by atoms with Gasteiger partial charge in [-0.2, -0.15) is 0 Å². The summed E-state index contributed by atoms with van der Waals surface area (Å²) in [4.78, 5) is 0. The van der Waals surface area contributed by atoms with E-state index in [-0.39, 0.29) is 11.9 Å². The van der Waals surface area contributed by atoms with Crippen LogP contribution in [0.1, 0.15) is 22.7 Å². The van der Waals surface area contributed by atoms with Crippen LogP contribution in [-0.2, 0) is 6.42 Å². The fraction of sp³-hybridized carbons (Fsp3) is 0.294. The van der Waals surface area contributed by atoms with Crippen LogP contribution in [-0.4, -0.2) is 14.2 Å². The Morgan fingerprint density at radius 3 is 2.62 bits per heavy atom. The lowest BCUT2D eigenvalue weighted by Crippen LogP contribution is -2.19. The van der Waals surface area contributed by atoms with Crippen molar-refractivity contribution in [3.05, 3.63) is 63.4 Å². The maximum atomic E-state index is 13.2. The summed E-state index contributed by atoms with van der Waals surface area (Å²) in [5.41, 5.74) is 3.36. The first-order valence-electron chi connectivity index (χ1n) is 6.81. The van der Waals surface area contributed by atoms with E-state index in [0.717, 1.165) is 27.8 Å². The topological polar surface area (TPSA) is 21.3 Å². The van der Waals surface area contributed by atoms with Crippen molar-refractivity contribution in [3.63, 3.8) is 0 Å². The lowest BCUT2D eigenvalue weighted by Gasteiger charge is -2.20. The van der Waals surface area contributed by atoms with E-state index in [1.807, 2.05) is 25.2 Å². The Balaban J connectivity index is 2.33. The van der Waals surface area contributed by atoms with E-state index >= 15 is 0 Å². The lowest BCUT2D eigenvalue weighted by molar-refractivity contribution is 0.406. The van der Waals surface area contributed by atoms with E-state index in [4.69, 9.17) is 4.74 Å². The molecule has 0 aliphatic rings. The predicted molar refractivity (Wildman–Crippen MR) is 87.3 cm³/mol. The molecule has 0 aromatic heterocycles. The molecule has 112 valence electrons. The second-order valence-corrected chi connectivity index (χ2v) is 5.88. The number of benzene rings is 2. The quantitative estimate of drug-likeness (QED) is 0.861. The summed E-state index contributed by atoms with van der Waals surface area (Å²) in [6.07, 6.45) is 0.769. The van der Waals surface area contributed by atoms with Crippen molar-refractivity contribution in [2.45, 2.75) is 19.4 Å². The summed E-state index contributed by atoms with van der Waals surface area (Å²) in [5, 5.41) is 3.29. The van der Waals surface area contributed by atoms with E-state index < -0.39 is 0 Å². The van der Waals surface area contributed by atoms with Gasteiger partial charge < -0.3 is 10.1 Å².